The molecule has 5 heteroatoms. The van der Waals surface area contributed by atoms with Crippen LogP contribution in [0, 0.1) is 5.92 Å². The van der Waals surface area contributed by atoms with E-state index in [1.54, 1.807) is 11.9 Å². The van der Waals surface area contributed by atoms with Crippen LogP contribution in [0.4, 0.5) is 5.95 Å². The van der Waals surface area contributed by atoms with Crippen LogP contribution in [-0.2, 0) is 0 Å². The third-order valence-corrected chi connectivity index (χ3v) is 4.53. The Balaban J connectivity index is 1.79. The average molecular weight is 294 g/mol. The minimum absolute atomic E-state index is 0.679. The van der Waals surface area contributed by atoms with Gasteiger partial charge in [-0.05, 0) is 42.9 Å². The molecular formula is C15H26N4S. The first-order chi connectivity index (χ1) is 9.83. The number of hydrogen-bond acceptors (Lipinski definition) is 5. The minimum Gasteiger partial charge on any atom is -0.353 e. The van der Waals surface area contributed by atoms with E-state index >= 15 is 0 Å². The van der Waals surface area contributed by atoms with Gasteiger partial charge in [0.1, 0.15) is 0 Å². The van der Waals surface area contributed by atoms with Gasteiger partial charge in [0.15, 0.2) is 0 Å². The third kappa shape index (κ3) is 4.63. The molecule has 0 radical (unpaired) electrons. The molecule has 0 spiro atoms. The molecule has 1 fully saturated rings. The largest absolute Gasteiger partial charge is 0.353 e. The number of nitrogens with one attached hydrogen (secondary N) is 2. The molecule has 1 saturated carbocycles. The molecule has 2 rings (SSSR count). The first-order valence-corrected chi connectivity index (χ1v) is 8.87. The molecule has 0 unspecified atom stereocenters. The summed E-state index contributed by atoms with van der Waals surface area (Å²) in [5, 5.41) is 3.23. The summed E-state index contributed by atoms with van der Waals surface area (Å²) in [4.78, 5) is 8.87. The third-order valence-electron chi connectivity index (χ3n) is 4.04. The second-order valence-electron chi connectivity index (χ2n) is 5.53. The van der Waals surface area contributed by atoms with Gasteiger partial charge in [0, 0.05) is 25.5 Å². The summed E-state index contributed by atoms with van der Waals surface area (Å²) < 4.78 is 3.19. The van der Waals surface area contributed by atoms with Gasteiger partial charge in [0.2, 0.25) is 5.95 Å². The van der Waals surface area contributed by atoms with Crippen LogP contribution in [-0.4, -0.2) is 29.3 Å². The molecule has 1 aromatic rings. The number of nitrogens with zero attached hydrogens (tertiary/aromatic N) is 2. The molecule has 4 nitrogen and oxygen atoms in total. The molecule has 0 aliphatic heterocycles. The fraction of sp³-hybridized carbons (Fsp3) is 0.733. The Kier molecular flexibility index (Phi) is 6.60. The normalized spacial score (nSPS) is 22.1. The van der Waals surface area contributed by atoms with Crippen LogP contribution in [0.25, 0.3) is 0 Å². The van der Waals surface area contributed by atoms with Crippen molar-refractivity contribution in [2.24, 2.45) is 5.92 Å². The predicted molar refractivity (Wildman–Crippen MR) is 87.0 cm³/mol. The van der Waals surface area contributed by atoms with Crippen molar-refractivity contribution in [3.8, 4) is 0 Å². The van der Waals surface area contributed by atoms with Crippen molar-refractivity contribution in [3.63, 3.8) is 0 Å². The summed E-state index contributed by atoms with van der Waals surface area (Å²) >= 11 is 1.63. The Hall–Kier alpha value is -0.810. The Morgan fingerprint density at radius 3 is 2.75 bits per heavy atom. The van der Waals surface area contributed by atoms with Crippen LogP contribution in [0.5, 0.6) is 0 Å². The number of aromatic nitrogens is 2. The molecule has 1 aromatic heterocycles. The van der Waals surface area contributed by atoms with Crippen molar-refractivity contribution >= 4 is 17.9 Å². The van der Waals surface area contributed by atoms with Crippen LogP contribution in [0.1, 0.15) is 50.5 Å². The molecule has 2 atom stereocenters. The van der Waals surface area contributed by atoms with Gasteiger partial charge in [-0.3, -0.25) is 4.72 Å². The molecule has 1 heterocycles. The van der Waals surface area contributed by atoms with Crippen molar-refractivity contribution in [3.05, 3.63) is 18.0 Å². The Morgan fingerprint density at radius 2 is 2.05 bits per heavy atom. The lowest BCUT2D eigenvalue weighted by atomic mass is 9.97. The van der Waals surface area contributed by atoms with E-state index in [1.807, 2.05) is 18.6 Å². The fourth-order valence-electron chi connectivity index (χ4n) is 3.02. The van der Waals surface area contributed by atoms with E-state index in [4.69, 9.17) is 0 Å². The van der Waals surface area contributed by atoms with Crippen LogP contribution in [0.15, 0.2) is 12.4 Å². The summed E-state index contributed by atoms with van der Waals surface area (Å²) in [6.07, 6.45) is 12.7. The maximum Gasteiger partial charge on any atom is 0.222 e. The van der Waals surface area contributed by atoms with Gasteiger partial charge in [-0.1, -0.05) is 31.7 Å². The lowest BCUT2D eigenvalue weighted by molar-refractivity contribution is 0.489. The molecule has 0 aromatic carbocycles. The smallest absolute Gasteiger partial charge is 0.222 e. The van der Waals surface area contributed by atoms with Crippen molar-refractivity contribution in [1.82, 2.24) is 14.7 Å². The highest BCUT2D eigenvalue weighted by molar-refractivity contribution is 7.96. The Bertz CT molecular complexity index is 382. The zero-order valence-electron chi connectivity index (χ0n) is 12.6. The van der Waals surface area contributed by atoms with Gasteiger partial charge in [0.05, 0.1) is 0 Å². The highest BCUT2D eigenvalue weighted by Gasteiger charge is 2.25. The highest BCUT2D eigenvalue weighted by Crippen LogP contribution is 2.39. The molecule has 2 N–H and O–H groups in total. The second-order valence-corrected chi connectivity index (χ2v) is 6.23. The summed E-state index contributed by atoms with van der Waals surface area (Å²) in [7, 11) is 0. The number of rotatable bonds is 8. The van der Waals surface area contributed by atoms with E-state index in [2.05, 4.69) is 26.9 Å². The van der Waals surface area contributed by atoms with E-state index < -0.39 is 0 Å². The van der Waals surface area contributed by atoms with Crippen molar-refractivity contribution in [1.29, 1.82) is 0 Å². The topological polar surface area (TPSA) is 49.8 Å². The van der Waals surface area contributed by atoms with Crippen LogP contribution in [0.2, 0.25) is 0 Å². The Morgan fingerprint density at radius 1 is 1.25 bits per heavy atom. The maximum atomic E-state index is 4.44. The number of anilines is 1. The first kappa shape index (κ1) is 15.6. The first-order valence-electron chi connectivity index (χ1n) is 7.65. The van der Waals surface area contributed by atoms with Crippen LogP contribution in [0.3, 0.4) is 0 Å². The molecular weight excluding hydrogens is 268 g/mol. The van der Waals surface area contributed by atoms with Crippen molar-refractivity contribution in [2.75, 3.05) is 24.7 Å². The van der Waals surface area contributed by atoms with Gasteiger partial charge >= 0.3 is 0 Å². The lowest BCUT2D eigenvalue weighted by Gasteiger charge is -2.11. The van der Waals surface area contributed by atoms with Crippen molar-refractivity contribution < 1.29 is 0 Å². The molecule has 1 aliphatic rings. The molecule has 1 aliphatic carbocycles. The monoisotopic (exact) mass is 294 g/mol. The molecule has 112 valence electrons. The van der Waals surface area contributed by atoms with Crippen LogP contribution < -0.4 is 10.0 Å². The summed E-state index contributed by atoms with van der Waals surface area (Å²) in [6.45, 7) is 4.04. The van der Waals surface area contributed by atoms with Gasteiger partial charge in [0.25, 0.3) is 0 Å². The quantitative estimate of drug-likeness (QED) is 0.568. The van der Waals surface area contributed by atoms with Crippen LogP contribution >= 0.6 is 11.9 Å². The zero-order valence-corrected chi connectivity index (χ0v) is 13.4. The number of hydrogen-bond donors (Lipinski definition) is 2. The second kappa shape index (κ2) is 8.47. The van der Waals surface area contributed by atoms with Gasteiger partial charge in [-0.15, -0.1) is 0 Å². The van der Waals surface area contributed by atoms with Gasteiger partial charge in [-0.25, -0.2) is 9.97 Å². The minimum atomic E-state index is 0.679. The summed E-state index contributed by atoms with van der Waals surface area (Å²) in [5.41, 5.74) is 1.32. The summed E-state index contributed by atoms with van der Waals surface area (Å²) in [6, 6.07) is 0. The summed E-state index contributed by atoms with van der Waals surface area (Å²) in [5.74, 6) is 2.33. The fourth-order valence-corrected chi connectivity index (χ4v) is 3.32. The van der Waals surface area contributed by atoms with Gasteiger partial charge in [-0.2, -0.15) is 0 Å². The van der Waals surface area contributed by atoms with Gasteiger partial charge < -0.3 is 5.32 Å². The van der Waals surface area contributed by atoms with E-state index in [-0.39, 0.29) is 0 Å². The van der Waals surface area contributed by atoms with E-state index in [9.17, 15) is 0 Å². The molecule has 0 saturated heterocycles. The van der Waals surface area contributed by atoms with E-state index in [0.717, 1.165) is 25.0 Å². The lowest BCUT2D eigenvalue weighted by Crippen LogP contribution is -2.17. The van der Waals surface area contributed by atoms with Crippen molar-refractivity contribution in [2.45, 2.75) is 44.9 Å². The maximum absolute atomic E-state index is 4.44. The molecule has 0 bridgehead atoms. The zero-order chi connectivity index (χ0) is 14.2. The average Bonchev–Trinajstić information content (AvgIpc) is 2.93. The molecule has 0 amide bonds. The SMILES string of the molecule is CCC[C@H]1CC[C@@H](c2cnc(NCCNSC)nc2)C1. The van der Waals surface area contributed by atoms with E-state index in [1.165, 1.54) is 37.7 Å². The standard InChI is InChI=1S/C15H26N4S/c1-3-4-12-5-6-13(9-12)14-10-17-15(18-11-14)16-7-8-19-20-2/h10-13,19H,3-9H2,1-2H3,(H,16,17,18)/t12-,13+/m0/s1. The Labute approximate surface area is 126 Å². The molecule has 20 heavy (non-hydrogen) atoms. The predicted octanol–water partition coefficient (Wildman–Crippen LogP) is 3.44. The highest BCUT2D eigenvalue weighted by atomic mass is 32.2. The van der Waals surface area contributed by atoms with E-state index in [0.29, 0.717) is 5.92 Å².